The van der Waals surface area contributed by atoms with Crippen molar-refractivity contribution >= 4 is 46.7 Å². The largest absolute Gasteiger partial charge is 0.331 e. The monoisotopic (exact) mass is 515 g/mol. The maximum absolute atomic E-state index is 13.4. The molecule has 174 valence electrons. The summed E-state index contributed by atoms with van der Waals surface area (Å²) in [5, 5.41) is 15.5. The van der Waals surface area contributed by atoms with Crippen LogP contribution in [-0.2, 0) is 12.3 Å². The van der Waals surface area contributed by atoms with Crippen LogP contribution in [0.5, 0.6) is 0 Å². The fraction of sp³-hybridized carbons (Fsp3) is 0.125. The van der Waals surface area contributed by atoms with Crippen LogP contribution in [0.25, 0.3) is 5.69 Å². The van der Waals surface area contributed by atoms with Crippen molar-refractivity contribution in [2.45, 2.75) is 24.4 Å². The molecule has 34 heavy (non-hydrogen) atoms. The number of nitrogens with one attached hydrogen (secondary N) is 2. The van der Waals surface area contributed by atoms with E-state index in [1.807, 2.05) is 12.1 Å². The Morgan fingerprint density at radius 1 is 1.06 bits per heavy atom. The van der Waals surface area contributed by atoms with Gasteiger partial charge in [-0.3, -0.25) is 4.57 Å². The third-order valence-corrected chi connectivity index (χ3v) is 6.49. The number of carbonyl (C=O) groups excluding carboxylic acids is 1. The van der Waals surface area contributed by atoms with Gasteiger partial charge in [0.1, 0.15) is 5.82 Å². The molecule has 1 aromatic heterocycles. The molecule has 0 aliphatic heterocycles. The SMILES string of the molecule is Cc1ccccc1CSc1nnc(CNC(=O)Nc2cccc(F)c2)n1-c1cc(Cl)ccc1Cl. The van der Waals surface area contributed by atoms with E-state index >= 15 is 0 Å². The van der Waals surface area contributed by atoms with Gasteiger partial charge in [0.25, 0.3) is 0 Å². The Morgan fingerprint density at radius 3 is 2.68 bits per heavy atom. The van der Waals surface area contributed by atoms with E-state index < -0.39 is 11.8 Å². The van der Waals surface area contributed by atoms with Gasteiger partial charge in [-0.15, -0.1) is 10.2 Å². The highest BCUT2D eigenvalue weighted by Gasteiger charge is 2.18. The van der Waals surface area contributed by atoms with Gasteiger partial charge in [0, 0.05) is 16.5 Å². The van der Waals surface area contributed by atoms with Gasteiger partial charge in [0.05, 0.1) is 17.3 Å². The first-order valence-corrected chi connectivity index (χ1v) is 12.0. The number of anilines is 1. The summed E-state index contributed by atoms with van der Waals surface area (Å²) < 4.78 is 15.2. The van der Waals surface area contributed by atoms with Crippen LogP contribution in [-0.4, -0.2) is 20.8 Å². The quantitative estimate of drug-likeness (QED) is 0.270. The van der Waals surface area contributed by atoms with Crippen molar-refractivity contribution < 1.29 is 9.18 Å². The predicted molar refractivity (Wildman–Crippen MR) is 134 cm³/mol. The van der Waals surface area contributed by atoms with Crippen LogP contribution in [0.1, 0.15) is 17.0 Å². The van der Waals surface area contributed by atoms with E-state index in [1.165, 1.54) is 41.1 Å². The Balaban J connectivity index is 1.57. The summed E-state index contributed by atoms with van der Waals surface area (Å²) in [4.78, 5) is 12.4. The molecule has 6 nitrogen and oxygen atoms in total. The first-order valence-electron chi connectivity index (χ1n) is 10.3. The molecule has 4 aromatic rings. The topological polar surface area (TPSA) is 71.8 Å². The van der Waals surface area contributed by atoms with Gasteiger partial charge in [-0.25, -0.2) is 9.18 Å². The van der Waals surface area contributed by atoms with Crippen LogP contribution in [0.4, 0.5) is 14.9 Å². The van der Waals surface area contributed by atoms with E-state index in [0.717, 1.165) is 0 Å². The van der Waals surface area contributed by atoms with Gasteiger partial charge in [-0.05, 0) is 54.4 Å². The number of thioether (sulfide) groups is 1. The first-order chi connectivity index (χ1) is 16.4. The predicted octanol–water partition coefficient (Wildman–Crippen LogP) is 6.64. The molecule has 0 bridgehead atoms. The maximum atomic E-state index is 13.4. The average molecular weight is 516 g/mol. The molecule has 10 heteroatoms. The number of urea groups is 1. The van der Waals surface area contributed by atoms with Gasteiger partial charge < -0.3 is 10.6 Å². The zero-order chi connectivity index (χ0) is 24.1. The lowest BCUT2D eigenvalue weighted by molar-refractivity contribution is 0.251. The van der Waals surface area contributed by atoms with Crippen molar-refractivity contribution in [3.05, 3.63) is 99.5 Å². The van der Waals surface area contributed by atoms with Gasteiger partial charge in [-0.1, -0.05) is 65.3 Å². The maximum Gasteiger partial charge on any atom is 0.319 e. The number of hydrogen-bond donors (Lipinski definition) is 2. The molecule has 2 N–H and O–H groups in total. The molecule has 3 aromatic carbocycles. The fourth-order valence-electron chi connectivity index (χ4n) is 3.22. The molecule has 1 heterocycles. The van der Waals surface area contributed by atoms with Crippen LogP contribution in [0, 0.1) is 12.7 Å². The molecular formula is C24H20Cl2FN5OS. The third-order valence-electron chi connectivity index (χ3n) is 4.96. The number of halogens is 3. The second-order valence-corrected chi connectivity index (χ2v) is 9.15. The molecule has 0 unspecified atom stereocenters. The highest BCUT2D eigenvalue weighted by Crippen LogP contribution is 2.31. The number of rotatable bonds is 7. The summed E-state index contributed by atoms with van der Waals surface area (Å²) in [6.45, 7) is 2.11. The Kier molecular flexibility index (Phi) is 7.72. The van der Waals surface area contributed by atoms with Crippen LogP contribution in [0.2, 0.25) is 10.0 Å². The summed E-state index contributed by atoms with van der Waals surface area (Å²) in [6, 6.07) is 18.4. The number of aryl methyl sites for hydroxylation is 1. The van der Waals surface area contributed by atoms with Crippen LogP contribution in [0.3, 0.4) is 0 Å². The summed E-state index contributed by atoms with van der Waals surface area (Å²) in [6.07, 6.45) is 0. The molecule has 0 atom stereocenters. The smallest absolute Gasteiger partial charge is 0.319 e. The zero-order valence-electron chi connectivity index (χ0n) is 18.1. The summed E-state index contributed by atoms with van der Waals surface area (Å²) >= 11 is 14.2. The minimum absolute atomic E-state index is 0.0575. The van der Waals surface area contributed by atoms with E-state index in [9.17, 15) is 9.18 Å². The lowest BCUT2D eigenvalue weighted by Gasteiger charge is -2.13. The summed E-state index contributed by atoms with van der Waals surface area (Å²) in [7, 11) is 0. The van der Waals surface area contributed by atoms with E-state index in [2.05, 4.69) is 39.9 Å². The van der Waals surface area contributed by atoms with Crippen molar-refractivity contribution in [2.24, 2.45) is 0 Å². The van der Waals surface area contributed by atoms with Gasteiger partial charge in [0.2, 0.25) is 0 Å². The van der Waals surface area contributed by atoms with Crippen molar-refractivity contribution in [1.29, 1.82) is 0 Å². The van der Waals surface area contributed by atoms with Crippen LogP contribution in [0.15, 0.2) is 71.9 Å². The summed E-state index contributed by atoms with van der Waals surface area (Å²) in [5.41, 5.74) is 3.30. The molecule has 2 amide bonds. The highest BCUT2D eigenvalue weighted by molar-refractivity contribution is 7.98. The second-order valence-electron chi connectivity index (χ2n) is 7.36. The minimum Gasteiger partial charge on any atom is -0.331 e. The van der Waals surface area contributed by atoms with Crippen molar-refractivity contribution in [3.63, 3.8) is 0 Å². The average Bonchev–Trinajstić information content (AvgIpc) is 3.21. The lowest BCUT2D eigenvalue weighted by Crippen LogP contribution is -2.29. The molecule has 0 spiro atoms. The molecule has 0 saturated carbocycles. The van der Waals surface area contributed by atoms with Crippen molar-refractivity contribution in [2.75, 3.05) is 5.32 Å². The Morgan fingerprint density at radius 2 is 1.88 bits per heavy atom. The standard InChI is InChI=1S/C24H20Cl2FN5OS/c1-15-5-2-3-6-16(15)14-34-24-31-30-22(32(24)21-11-17(25)9-10-20(21)26)13-28-23(33)29-19-8-4-7-18(27)12-19/h2-12H,13-14H2,1H3,(H2,28,29,33). The van der Waals surface area contributed by atoms with Gasteiger partial charge in [-0.2, -0.15) is 0 Å². The van der Waals surface area contributed by atoms with Crippen molar-refractivity contribution in [1.82, 2.24) is 20.1 Å². The molecule has 0 saturated heterocycles. The number of nitrogens with zero attached hydrogens (tertiary/aromatic N) is 3. The fourth-order valence-corrected chi connectivity index (χ4v) is 4.63. The zero-order valence-corrected chi connectivity index (χ0v) is 20.4. The van der Waals surface area contributed by atoms with Crippen molar-refractivity contribution in [3.8, 4) is 5.69 Å². The van der Waals surface area contributed by atoms with E-state index in [1.54, 1.807) is 28.8 Å². The Hall–Kier alpha value is -3.07. The van der Waals surface area contributed by atoms with E-state index in [4.69, 9.17) is 23.2 Å². The van der Waals surface area contributed by atoms with Gasteiger partial charge >= 0.3 is 6.03 Å². The second kappa shape index (κ2) is 10.9. The Bertz CT molecular complexity index is 1330. The molecule has 0 aliphatic carbocycles. The highest BCUT2D eigenvalue weighted by atomic mass is 35.5. The summed E-state index contributed by atoms with van der Waals surface area (Å²) in [5.74, 6) is 0.700. The van der Waals surface area contributed by atoms with E-state index in [-0.39, 0.29) is 6.54 Å². The number of carbonyl (C=O) groups is 1. The van der Waals surface area contributed by atoms with Crippen LogP contribution >= 0.6 is 35.0 Å². The van der Waals surface area contributed by atoms with E-state index in [0.29, 0.717) is 38.2 Å². The number of benzene rings is 3. The Labute approximate surface area is 210 Å². The number of aromatic nitrogens is 3. The first kappa shape index (κ1) is 24.1. The molecule has 0 radical (unpaired) electrons. The number of hydrogen-bond acceptors (Lipinski definition) is 4. The molecule has 0 fully saturated rings. The molecular weight excluding hydrogens is 496 g/mol. The third kappa shape index (κ3) is 5.88. The lowest BCUT2D eigenvalue weighted by atomic mass is 10.1. The molecule has 4 rings (SSSR count). The van der Waals surface area contributed by atoms with Crippen LogP contribution < -0.4 is 10.6 Å². The van der Waals surface area contributed by atoms with Gasteiger partial charge in [0.15, 0.2) is 11.0 Å². The number of amides is 2. The molecule has 0 aliphatic rings. The normalized spacial score (nSPS) is 10.8. The minimum atomic E-state index is -0.508.